The third kappa shape index (κ3) is 8.28. The van der Waals surface area contributed by atoms with Gasteiger partial charge in [-0.15, -0.1) is 0 Å². The number of rotatable bonds is 14. The Hall–Kier alpha value is -1.46. The molecule has 0 aliphatic rings. The Morgan fingerprint density at radius 3 is 1.31 bits per heavy atom. The zero-order valence-corrected chi connectivity index (χ0v) is 17.6. The van der Waals surface area contributed by atoms with E-state index in [1.54, 1.807) is 13.8 Å². The molecule has 2 unspecified atom stereocenters. The fourth-order valence-corrected chi connectivity index (χ4v) is 2.51. The summed E-state index contributed by atoms with van der Waals surface area (Å²) in [6.07, 6.45) is 6.14. The van der Waals surface area contributed by atoms with E-state index in [9.17, 15) is 9.59 Å². The average molecular weight is 371 g/mol. The highest BCUT2D eigenvalue weighted by molar-refractivity contribution is 5.81. The van der Waals surface area contributed by atoms with Crippen molar-refractivity contribution in [3.63, 3.8) is 0 Å². The molecule has 0 saturated heterocycles. The van der Waals surface area contributed by atoms with Crippen molar-refractivity contribution in [2.75, 3.05) is 13.2 Å². The molecule has 6 nitrogen and oxygen atoms in total. The van der Waals surface area contributed by atoms with Gasteiger partial charge in [-0.25, -0.2) is 9.59 Å². The second-order valence-electron chi connectivity index (χ2n) is 7.23. The van der Waals surface area contributed by atoms with Crippen LogP contribution in [0.1, 0.15) is 92.9 Å². The van der Waals surface area contributed by atoms with Crippen LogP contribution < -0.4 is 0 Å². The van der Waals surface area contributed by atoms with Crippen LogP contribution in [0.25, 0.3) is 0 Å². The molecule has 0 radical (unpaired) electrons. The number of hydrogen-bond acceptors (Lipinski definition) is 6. The van der Waals surface area contributed by atoms with Crippen molar-refractivity contribution in [1.82, 2.24) is 0 Å². The monoisotopic (exact) mass is 370 g/mol. The summed E-state index contributed by atoms with van der Waals surface area (Å²) < 4.78 is 10.7. The summed E-state index contributed by atoms with van der Waals surface area (Å²) in [7, 11) is 0. The molecule has 152 valence electrons. The third-order valence-corrected chi connectivity index (χ3v) is 4.31. The van der Waals surface area contributed by atoms with Crippen molar-refractivity contribution in [1.29, 1.82) is 0 Å². The van der Waals surface area contributed by atoms with Crippen LogP contribution in [0, 0.1) is 0 Å². The zero-order valence-electron chi connectivity index (χ0n) is 17.6. The number of ether oxygens (including phenoxy) is 2. The highest BCUT2D eigenvalue weighted by atomic mass is 16.5. The second kappa shape index (κ2) is 12.8. The first-order chi connectivity index (χ1) is 12.3. The molecule has 0 saturated carbocycles. The van der Waals surface area contributed by atoms with Gasteiger partial charge in [-0.05, 0) is 39.5 Å². The van der Waals surface area contributed by atoms with Gasteiger partial charge in [0.1, 0.15) is 0 Å². The SMILES string of the molecule is CCCCOC(=O)C(C)(CCC)N=NC(C)(CCC)C(=O)OCCCC. The van der Waals surface area contributed by atoms with Crippen molar-refractivity contribution >= 4 is 11.9 Å². The summed E-state index contributed by atoms with van der Waals surface area (Å²) in [5.41, 5.74) is -2.14. The maximum absolute atomic E-state index is 12.5. The predicted octanol–water partition coefficient (Wildman–Crippen LogP) is 5.24. The lowest BCUT2D eigenvalue weighted by molar-refractivity contribution is -0.152. The predicted molar refractivity (Wildman–Crippen MR) is 103 cm³/mol. The lowest BCUT2D eigenvalue weighted by Crippen LogP contribution is -2.39. The Morgan fingerprint density at radius 1 is 0.692 bits per heavy atom. The van der Waals surface area contributed by atoms with Gasteiger partial charge in [-0.2, -0.15) is 10.2 Å². The number of azo groups is 1. The highest BCUT2D eigenvalue weighted by Gasteiger charge is 2.39. The zero-order chi connectivity index (χ0) is 20.1. The minimum atomic E-state index is -1.07. The first-order valence-electron chi connectivity index (χ1n) is 10.1. The van der Waals surface area contributed by atoms with Crippen LogP contribution in [0.3, 0.4) is 0 Å². The Bertz CT molecular complexity index is 413. The van der Waals surface area contributed by atoms with E-state index in [0.29, 0.717) is 26.1 Å². The smallest absolute Gasteiger partial charge is 0.335 e. The Kier molecular flexibility index (Phi) is 12.1. The Morgan fingerprint density at radius 2 is 1.04 bits per heavy atom. The Balaban J connectivity index is 5.28. The van der Waals surface area contributed by atoms with Gasteiger partial charge in [0.25, 0.3) is 0 Å². The van der Waals surface area contributed by atoms with Crippen LogP contribution in [-0.4, -0.2) is 36.2 Å². The molecule has 0 aromatic heterocycles. The van der Waals surface area contributed by atoms with E-state index in [-0.39, 0.29) is 11.9 Å². The van der Waals surface area contributed by atoms with Crippen molar-refractivity contribution in [2.24, 2.45) is 10.2 Å². The van der Waals surface area contributed by atoms with Crippen molar-refractivity contribution < 1.29 is 19.1 Å². The van der Waals surface area contributed by atoms with E-state index < -0.39 is 11.1 Å². The van der Waals surface area contributed by atoms with Gasteiger partial charge < -0.3 is 9.47 Å². The third-order valence-electron chi connectivity index (χ3n) is 4.31. The van der Waals surface area contributed by atoms with E-state index in [0.717, 1.165) is 38.5 Å². The molecule has 0 rings (SSSR count). The van der Waals surface area contributed by atoms with Crippen LogP contribution in [0.15, 0.2) is 10.2 Å². The van der Waals surface area contributed by atoms with Crippen LogP contribution in [-0.2, 0) is 19.1 Å². The molecule has 0 aromatic rings. The van der Waals surface area contributed by atoms with E-state index in [2.05, 4.69) is 10.2 Å². The van der Waals surface area contributed by atoms with Gasteiger partial charge in [0, 0.05) is 0 Å². The van der Waals surface area contributed by atoms with E-state index in [1.807, 2.05) is 27.7 Å². The van der Waals surface area contributed by atoms with Crippen molar-refractivity contribution in [3.8, 4) is 0 Å². The lowest BCUT2D eigenvalue weighted by Gasteiger charge is -2.26. The molecule has 26 heavy (non-hydrogen) atoms. The second-order valence-corrected chi connectivity index (χ2v) is 7.23. The van der Waals surface area contributed by atoms with E-state index in [4.69, 9.17) is 9.47 Å². The number of carbonyl (C=O) groups excluding carboxylic acids is 2. The minimum absolute atomic E-state index is 0.380. The largest absolute Gasteiger partial charge is 0.464 e. The standard InChI is InChI=1S/C20H38N2O4/c1-7-11-15-25-17(23)19(5,13-9-3)21-22-20(6,14-10-4)18(24)26-16-12-8-2/h7-16H2,1-6H3. The van der Waals surface area contributed by atoms with Crippen molar-refractivity contribution in [3.05, 3.63) is 0 Å². The molecule has 0 amide bonds. The number of unbranched alkanes of at least 4 members (excludes halogenated alkanes) is 2. The van der Waals surface area contributed by atoms with Gasteiger partial charge in [0.2, 0.25) is 0 Å². The molecule has 0 bridgehead atoms. The fourth-order valence-electron chi connectivity index (χ4n) is 2.51. The number of nitrogens with zero attached hydrogens (tertiary/aromatic N) is 2. The summed E-state index contributed by atoms with van der Waals surface area (Å²) in [5.74, 6) is -0.760. The van der Waals surface area contributed by atoms with Gasteiger partial charge in [-0.3, -0.25) is 0 Å². The van der Waals surface area contributed by atoms with Crippen LogP contribution >= 0.6 is 0 Å². The molecular weight excluding hydrogens is 332 g/mol. The maximum atomic E-state index is 12.5. The van der Waals surface area contributed by atoms with Crippen LogP contribution in [0.5, 0.6) is 0 Å². The van der Waals surface area contributed by atoms with Gasteiger partial charge in [0.15, 0.2) is 11.1 Å². The first kappa shape index (κ1) is 24.5. The molecule has 0 aliphatic carbocycles. The molecule has 0 aromatic carbocycles. The molecule has 2 atom stereocenters. The molecule has 0 aliphatic heterocycles. The summed E-state index contributed by atoms with van der Waals surface area (Å²) in [5, 5.41) is 8.63. The average Bonchev–Trinajstić information content (AvgIpc) is 2.60. The summed E-state index contributed by atoms with van der Waals surface area (Å²) >= 11 is 0. The van der Waals surface area contributed by atoms with Gasteiger partial charge >= 0.3 is 11.9 Å². The fraction of sp³-hybridized carbons (Fsp3) is 0.900. The normalized spacial score (nSPS) is 16.1. The van der Waals surface area contributed by atoms with Crippen LogP contribution in [0.2, 0.25) is 0 Å². The van der Waals surface area contributed by atoms with Crippen molar-refractivity contribution in [2.45, 2.75) is 104 Å². The molecule has 0 spiro atoms. The summed E-state index contributed by atoms with van der Waals surface area (Å²) in [6, 6.07) is 0. The maximum Gasteiger partial charge on any atom is 0.335 e. The topological polar surface area (TPSA) is 77.3 Å². The molecule has 0 N–H and O–H groups in total. The summed E-state index contributed by atoms with van der Waals surface area (Å²) in [4.78, 5) is 25.0. The quantitative estimate of drug-likeness (QED) is 0.238. The molecule has 0 heterocycles. The Labute approximate surface area is 159 Å². The highest BCUT2D eigenvalue weighted by Crippen LogP contribution is 2.26. The van der Waals surface area contributed by atoms with E-state index >= 15 is 0 Å². The van der Waals surface area contributed by atoms with Gasteiger partial charge in [-0.1, -0.05) is 53.4 Å². The lowest BCUT2D eigenvalue weighted by atomic mass is 9.96. The molecule has 6 heteroatoms. The van der Waals surface area contributed by atoms with Gasteiger partial charge in [0.05, 0.1) is 13.2 Å². The first-order valence-corrected chi connectivity index (χ1v) is 10.1. The number of esters is 2. The molecule has 0 fully saturated rings. The number of carbonyl (C=O) groups is 2. The van der Waals surface area contributed by atoms with Crippen LogP contribution in [0.4, 0.5) is 0 Å². The van der Waals surface area contributed by atoms with E-state index in [1.165, 1.54) is 0 Å². The number of hydrogen-bond donors (Lipinski definition) is 0. The summed E-state index contributed by atoms with van der Waals surface area (Å²) in [6.45, 7) is 12.3. The molecular formula is C20H38N2O4. The minimum Gasteiger partial charge on any atom is -0.464 e.